The van der Waals surface area contributed by atoms with Crippen molar-refractivity contribution in [3.05, 3.63) is 0 Å². The van der Waals surface area contributed by atoms with E-state index in [0.717, 1.165) is 12.8 Å². The third kappa shape index (κ3) is 7.54. The zero-order valence-electron chi connectivity index (χ0n) is 9.52. The van der Waals surface area contributed by atoms with Gasteiger partial charge in [-0.3, -0.25) is 13.8 Å². The molecule has 0 amide bonds. The number of hydrogen-bond donors (Lipinski definition) is 0. The molecule has 0 bridgehead atoms. The van der Waals surface area contributed by atoms with E-state index in [1.807, 2.05) is 13.8 Å². The van der Waals surface area contributed by atoms with Crippen LogP contribution >= 0.6 is 7.82 Å². The molecule has 90 valence electrons. The summed E-state index contributed by atoms with van der Waals surface area (Å²) in [4.78, 5) is 10.7. The summed E-state index contributed by atoms with van der Waals surface area (Å²) in [6.07, 6.45) is 2.34. The summed E-state index contributed by atoms with van der Waals surface area (Å²) in [7, 11) is -3.67. The van der Waals surface area contributed by atoms with Crippen molar-refractivity contribution >= 4 is 13.8 Å². The van der Waals surface area contributed by atoms with E-state index in [2.05, 4.69) is 4.52 Å². The molecule has 5 nitrogen and oxygen atoms in total. The normalized spacial score (nSPS) is 14.6. The van der Waals surface area contributed by atoms with E-state index in [0.29, 0.717) is 6.42 Å². The number of hydrogen-bond acceptors (Lipinski definition) is 5. The van der Waals surface area contributed by atoms with E-state index in [1.54, 1.807) is 0 Å². The fourth-order valence-corrected chi connectivity index (χ4v) is 2.02. The van der Waals surface area contributed by atoms with Gasteiger partial charge in [0.05, 0.1) is 13.2 Å². The molecule has 0 N–H and O–H groups in total. The lowest BCUT2D eigenvalue weighted by Gasteiger charge is -2.15. The molecule has 0 aromatic rings. The summed E-state index contributed by atoms with van der Waals surface area (Å²) in [5.74, 6) is -0.661. The number of phosphoric acid groups is 1. The molecule has 0 aromatic carbocycles. The molecule has 1 atom stereocenters. The molecular weight excluding hydrogens is 219 g/mol. The maximum atomic E-state index is 11.8. The molecule has 0 aliphatic carbocycles. The minimum absolute atomic E-state index is 0.247. The predicted octanol–water partition coefficient (Wildman–Crippen LogP) is 2.90. The van der Waals surface area contributed by atoms with Gasteiger partial charge in [0.1, 0.15) is 0 Å². The van der Waals surface area contributed by atoms with Crippen molar-refractivity contribution in [2.75, 3.05) is 13.2 Å². The lowest BCUT2D eigenvalue weighted by molar-refractivity contribution is -0.133. The Hall–Kier alpha value is -0.380. The van der Waals surface area contributed by atoms with Crippen molar-refractivity contribution in [1.82, 2.24) is 0 Å². The first-order valence-electron chi connectivity index (χ1n) is 5.13. The number of carbonyl (C=O) groups is 1. The molecule has 15 heavy (non-hydrogen) atoms. The van der Waals surface area contributed by atoms with Crippen LogP contribution in [0.1, 0.15) is 40.0 Å². The van der Waals surface area contributed by atoms with Crippen LogP contribution in [0.4, 0.5) is 0 Å². The van der Waals surface area contributed by atoms with Crippen LogP contribution in [-0.2, 0) is 22.9 Å². The summed E-state index contributed by atoms with van der Waals surface area (Å²) in [5.41, 5.74) is 0. The smallest absolute Gasteiger partial charge is 0.371 e. The van der Waals surface area contributed by atoms with Crippen LogP contribution in [0.3, 0.4) is 0 Å². The van der Waals surface area contributed by atoms with Crippen molar-refractivity contribution in [2.24, 2.45) is 0 Å². The van der Waals surface area contributed by atoms with Gasteiger partial charge in [0.25, 0.3) is 0 Å². The number of unbranched alkanes of at least 4 members (excludes halogenated alkanes) is 1. The van der Waals surface area contributed by atoms with Gasteiger partial charge in [-0.1, -0.05) is 20.3 Å². The second-order valence-electron chi connectivity index (χ2n) is 3.05. The van der Waals surface area contributed by atoms with Crippen molar-refractivity contribution in [3.63, 3.8) is 0 Å². The van der Waals surface area contributed by atoms with Crippen LogP contribution in [0.2, 0.25) is 0 Å². The Morgan fingerprint density at radius 3 is 2.20 bits per heavy atom. The van der Waals surface area contributed by atoms with Gasteiger partial charge in [0.2, 0.25) is 0 Å². The highest BCUT2D eigenvalue weighted by molar-refractivity contribution is 7.49. The maximum Gasteiger partial charge on any atom is 0.532 e. The molecule has 0 aliphatic heterocycles. The number of carbonyl (C=O) groups excluding carboxylic acids is 1. The van der Waals surface area contributed by atoms with Crippen LogP contribution in [-0.4, -0.2) is 19.2 Å². The second kappa shape index (κ2) is 7.85. The lowest BCUT2D eigenvalue weighted by atomic mass is 10.4. The van der Waals surface area contributed by atoms with Crippen molar-refractivity contribution < 1.29 is 22.9 Å². The summed E-state index contributed by atoms with van der Waals surface area (Å²) in [6, 6.07) is 0. The summed E-state index contributed by atoms with van der Waals surface area (Å²) >= 11 is 0. The van der Waals surface area contributed by atoms with E-state index in [-0.39, 0.29) is 13.2 Å². The topological polar surface area (TPSA) is 61.8 Å². The molecule has 0 saturated heterocycles. The first-order chi connectivity index (χ1) is 7.04. The van der Waals surface area contributed by atoms with E-state index < -0.39 is 13.8 Å². The molecule has 0 fully saturated rings. The van der Waals surface area contributed by atoms with Crippen LogP contribution < -0.4 is 0 Å². The van der Waals surface area contributed by atoms with Gasteiger partial charge in [-0.2, -0.15) is 0 Å². The SMILES string of the molecule is CCCCOP(=O)(OCCC)OC(C)=O. The molecule has 0 aliphatic rings. The molecular formula is C9H19O5P. The van der Waals surface area contributed by atoms with Crippen LogP contribution in [0.5, 0.6) is 0 Å². The molecule has 1 unspecified atom stereocenters. The Morgan fingerprint density at radius 2 is 1.73 bits per heavy atom. The molecule has 0 aromatic heterocycles. The van der Waals surface area contributed by atoms with Gasteiger partial charge in [-0.05, 0) is 12.8 Å². The number of phosphoric ester groups is 1. The van der Waals surface area contributed by atoms with Crippen LogP contribution in [0.25, 0.3) is 0 Å². The van der Waals surface area contributed by atoms with E-state index in [9.17, 15) is 9.36 Å². The second-order valence-corrected chi connectivity index (χ2v) is 4.64. The first kappa shape index (κ1) is 14.6. The number of rotatable bonds is 8. The standard InChI is InChI=1S/C9H19O5P/c1-4-6-8-13-15(11,12-7-5-2)14-9(3)10/h4-8H2,1-3H3. The monoisotopic (exact) mass is 238 g/mol. The van der Waals surface area contributed by atoms with Crippen LogP contribution in [0, 0.1) is 0 Å². The largest absolute Gasteiger partial charge is 0.532 e. The Kier molecular flexibility index (Phi) is 7.65. The minimum Gasteiger partial charge on any atom is -0.371 e. The van der Waals surface area contributed by atoms with Gasteiger partial charge in [-0.15, -0.1) is 0 Å². The molecule has 0 saturated carbocycles. The maximum absolute atomic E-state index is 11.8. The molecule has 0 radical (unpaired) electrons. The third-order valence-electron chi connectivity index (χ3n) is 1.44. The Bertz CT molecular complexity index is 229. The molecule has 0 spiro atoms. The fraction of sp³-hybridized carbons (Fsp3) is 0.889. The molecule has 0 heterocycles. The highest BCUT2D eigenvalue weighted by atomic mass is 31.2. The Morgan fingerprint density at radius 1 is 1.13 bits per heavy atom. The molecule has 0 rings (SSSR count). The Balaban J connectivity index is 4.14. The predicted molar refractivity (Wildman–Crippen MR) is 56.5 cm³/mol. The van der Waals surface area contributed by atoms with Gasteiger partial charge in [0, 0.05) is 6.92 Å². The zero-order valence-corrected chi connectivity index (χ0v) is 10.4. The van der Waals surface area contributed by atoms with Gasteiger partial charge in [0.15, 0.2) is 0 Å². The van der Waals surface area contributed by atoms with E-state index in [4.69, 9.17) is 9.05 Å². The minimum atomic E-state index is -3.67. The first-order valence-corrected chi connectivity index (χ1v) is 6.59. The summed E-state index contributed by atoms with van der Waals surface area (Å²) in [5, 5.41) is 0. The van der Waals surface area contributed by atoms with E-state index in [1.165, 1.54) is 6.92 Å². The van der Waals surface area contributed by atoms with Crippen molar-refractivity contribution in [3.8, 4) is 0 Å². The average Bonchev–Trinajstić information content (AvgIpc) is 2.14. The van der Waals surface area contributed by atoms with Crippen molar-refractivity contribution in [1.29, 1.82) is 0 Å². The Labute approximate surface area is 90.7 Å². The van der Waals surface area contributed by atoms with Crippen molar-refractivity contribution in [2.45, 2.75) is 40.0 Å². The zero-order chi connectivity index (χ0) is 11.7. The summed E-state index contributed by atoms with van der Waals surface area (Å²) in [6.45, 7) is 5.53. The lowest BCUT2D eigenvalue weighted by Crippen LogP contribution is -2.05. The van der Waals surface area contributed by atoms with Gasteiger partial charge < -0.3 is 4.52 Å². The van der Waals surface area contributed by atoms with E-state index >= 15 is 0 Å². The summed E-state index contributed by atoms with van der Waals surface area (Å²) < 4.78 is 26.2. The highest BCUT2D eigenvalue weighted by Gasteiger charge is 2.29. The van der Waals surface area contributed by atoms with Gasteiger partial charge >= 0.3 is 13.8 Å². The van der Waals surface area contributed by atoms with Gasteiger partial charge in [-0.25, -0.2) is 4.57 Å². The highest BCUT2D eigenvalue weighted by Crippen LogP contribution is 2.49. The van der Waals surface area contributed by atoms with Crippen LogP contribution in [0.15, 0.2) is 0 Å². The fourth-order valence-electron chi connectivity index (χ4n) is 0.771. The quantitative estimate of drug-likeness (QED) is 0.480. The average molecular weight is 238 g/mol. The molecule has 6 heteroatoms. The third-order valence-corrected chi connectivity index (χ3v) is 2.92.